The third-order valence-electron chi connectivity index (χ3n) is 3.21. The Balaban J connectivity index is 2.15. The van der Waals surface area contributed by atoms with Gasteiger partial charge in [-0.15, -0.1) is 0 Å². The normalized spacial score (nSPS) is 12.6. The Hall–Kier alpha value is -0.480. The van der Waals surface area contributed by atoms with Gasteiger partial charge >= 0.3 is 0 Å². The lowest BCUT2D eigenvalue weighted by molar-refractivity contribution is 0.464. The van der Waals surface area contributed by atoms with Crippen molar-refractivity contribution >= 4 is 39.1 Å². The molecule has 1 heterocycles. The Labute approximate surface area is 143 Å². The summed E-state index contributed by atoms with van der Waals surface area (Å²) in [4.78, 5) is 0. The SMILES string of the molecule is CCCNC(C)Cc1ccc(-c2ccc(Br)c(Cl)c2Cl)o1. The second-order valence-electron chi connectivity index (χ2n) is 5.05. The van der Waals surface area contributed by atoms with Crippen LogP contribution in [-0.4, -0.2) is 12.6 Å². The first-order valence-corrected chi connectivity index (χ1v) is 8.53. The highest BCUT2D eigenvalue weighted by Crippen LogP contribution is 2.38. The van der Waals surface area contributed by atoms with Crippen LogP contribution in [0.3, 0.4) is 0 Å². The molecule has 1 aromatic heterocycles. The summed E-state index contributed by atoms with van der Waals surface area (Å²) in [7, 11) is 0. The Bertz CT molecular complexity index is 612. The molecule has 0 aliphatic carbocycles. The summed E-state index contributed by atoms with van der Waals surface area (Å²) in [5.41, 5.74) is 0.810. The van der Waals surface area contributed by atoms with Gasteiger partial charge in [-0.3, -0.25) is 0 Å². The first kappa shape index (κ1) is 16.9. The molecule has 1 aromatic carbocycles. The first-order valence-electron chi connectivity index (χ1n) is 6.99. The van der Waals surface area contributed by atoms with E-state index in [9.17, 15) is 0 Å². The molecule has 1 N–H and O–H groups in total. The van der Waals surface area contributed by atoms with Crippen LogP contribution in [-0.2, 0) is 6.42 Å². The average molecular weight is 391 g/mol. The van der Waals surface area contributed by atoms with E-state index in [1.165, 1.54) is 0 Å². The molecule has 0 saturated carbocycles. The van der Waals surface area contributed by atoms with E-state index in [4.69, 9.17) is 27.6 Å². The molecule has 2 aromatic rings. The molecule has 21 heavy (non-hydrogen) atoms. The molecular formula is C16H18BrCl2NO. The standard InChI is InChI=1S/C16H18BrCl2NO/c1-3-8-20-10(2)9-11-4-7-14(21-11)12-5-6-13(17)16(19)15(12)18/h4-7,10,20H,3,8-9H2,1-2H3. The van der Waals surface area contributed by atoms with E-state index in [1.54, 1.807) is 0 Å². The van der Waals surface area contributed by atoms with E-state index < -0.39 is 0 Å². The minimum Gasteiger partial charge on any atom is -0.461 e. The van der Waals surface area contributed by atoms with Gasteiger partial charge in [0.15, 0.2) is 0 Å². The lowest BCUT2D eigenvalue weighted by Gasteiger charge is -2.11. The maximum absolute atomic E-state index is 6.28. The predicted molar refractivity (Wildman–Crippen MR) is 93.3 cm³/mol. The van der Waals surface area contributed by atoms with E-state index in [0.717, 1.165) is 40.9 Å². The summed E-state index contributed by atoms with van der Waals surface area (Å²) < 4.78 is 6.68. The number of nitrogens with one attached hydrogen (secondary N) is 1. The molecule has 114 valence electrons. The quantitative estimate of drug-likeness (QED) is 0.616. The van der Waals surface area contributed by atoms with Crippen molar-refractivity contribution in [2.24, 2.45) is 0 Å². The lowest BCUT2D eigenvalue weighted by Crippen LogP contribution is -2.28. The minimum atomic E-state index is 0.382. The Morgan fingerprint density at radius 2 is 1.95 bits per heavy atom. The van der Waals surface area contributed by atoms with Gasteiger partial charge in [0, 0.05) is 22.5 Å². The Morgan fingerprint density at radius 1 is 1.19 bits per heavy atom. The molecule has 1 unspecified atom stereocenters. The van der Waals surface area contributed by atoms with Gasteiger partial charge in [0.25, 0.3) is 0 Å². The number of hydrogen-bond acceptors (Lipinski definition) is 2. The van der Waals surface area contributed by atoms with Crippen LogP contribution in [0.1, 0.15) is 26.0 Å². The van der Waals surface area contributed by atoms with Gasteiger partial charge in [0.1, 0.15) is 11.5 Å². The fourth-order valence-electron chi connectivity index (χ4n) is 2.11. The smallest absolute Gasteiger partial charge is 0.135 e. The predicted octanol–water partition coefficient (Wildman–Crippen LogP) is 5.95. The number of halogens is 3. The van der Waals surface area contributed by atoms with E-state index in [1.807, 2.05) is 24.3 Å². The largest absolute Gasteiger partial charge is 0.461 e. The summed E-state index contributed by atoms with van der Waals surface area (Å²) in [6.07, 6.45) is 1.97. The summed E-state index contributed by atoms with van der Waals surface area (Å²) in [5, 5.41) is 4.45. The zero-order valence-electron chi connectivity index (χ0n) is 12.1. The van der Waals surface area contributed by atoms with Crippen molar-refractivity contribution in [3.05, 3.63) is 44.5 Å². The van der Waals surface area contributed by atoms with Gasteiger partial charge in [0.05, 0.1) is 10.0 Å². The molecule has 0 amide bonds. The van der Waals surface area contributed by atoms with Crippen molar-refractivity contribution in [1.29, 1.82) is 0 Å². The molecular weight excluding hydrogens is 373 g/mol. The zero-order valence-corrected chi connectivity index (χ0v) is 15.1. The molecule has 0 spiro atoms. The van der Waals surface area contributed by atoms with Crippen LogP contribution in [0.15, 0.2) is 33.2 Å². The van der Waals surface area contributed by atoms with Crippen LogP contribution >= 0.6 is 39.1 Å². The molecule has 2 nitrogen and oxygen atoms in total. The number of rotatable bonds is 6. The molecule has 0 saturated heterocycles. The second kappa shape index (κ2) is 7.68. The lowest BCUT2D eigenvalue weighted by atomic mass is 10.1. The van der Waals surface area contributed by atoms with Crippen LogP contribution in [0.2, 0.25) is 10.0 Å². The highest BCUT2D eigenvalue weighted by Gasteiger charge is 2.14. The van der Waals surface area contributed by atoms with Gasteiger partial charge in [-0.2, -0.15) is 0 Å². The van der Waals surface area contributed by atoms with Gasteiger partial charge in [0.2, 0.25) is 0 Å². The third kappa shape index (κ3) is 4.26. The van der Waals surface area contributed by atoms with Crippen molar-refractivity contribution in [2.75, 3.05) is 6.54 Å². The van der Waals surface area contributed by atoms with Gasteiger partial charge in [-0.1, -0.05) is 30.1 Å². The van der Waals surface area contributed by atoms with Crippen molar-refractivity contribution in [1.82, 2.24) is 5.32 Å². The molecule has 0 bridgehead atoms. The highest BCUT2D eigenvalue weighted by molar-refractivity contribution is 9.10. The van der Waals surface area contributed by atoms with Crippen LogP contribution in [0.5, 0.6) is 0 Å². The number of hydrogen-bond donors (Lipinski definition) is 1. The molecule has 5 heteroatoms. The maximum Gasteiger partial charge on any atom is 0.135 e. The zero-order chi connectivity index (χ0) is 15.4. The first-order chi connectivity index (χ1) is 10.0. The van der Waals surface area contributed by atoms with Crippen molar-refractivity contribution < 1.29 is 4.42 Å². The maximum atomic E-state index is 6.28. The topological polar surface area (TPSA) is 25.2 Å². The van der Waals surface area contributed by atoms with E-state index in [0.29, 0.717) is 16.1 Å². The van der Waals surface area contributed by atoms with Crippen molar-refractivity contribution in [3.63, 3.8) is 0 Å². The van der Waals surface area contributed by atoms with Gasteiger partial charge in [-0.05, 0) is 60.1 Å². The van der Waals surface area contributed by atoms with Crippen LogP contribution in [0, 0.1) is 0 Å². The summed E-state index contributed by atoms with van der Waals surface area (Å²) in [5.74, 6) is 1.68. The highest BCUT2D eigenvalue weighted by atomic mass is 79.9. The number of benzene rings is 1. The third-order valence-corrected chi connectivity index (χ3v) is 4.98. The van der Waals surface area contributed by atoms with Crippen LogP contribution in [0.4, 0.5) is 0 Å². The van der Waals surface area contributed by atoms with E-state index in [2.05, 4.69) is 35.1 Å². The van der Waals surface area contributed by atoms with E-state index in [-0.39, 0.29) is 0 Å². The number of furan rings is 1. The fraction of sp³-hybridized carbons (Fsp3) is 0.375. The summed E-state index contributed by atoms with van der Waals surface area (Å²) in [6, 6.07) is 8.09. The summed E-state index contributed by atoms with van der Waals surface area (Å²) in [6.45, 7) is 5.33. The molecule has 0 radical (unpaired) electrons. The van der Waals surface area contributed by atoms with Crippen LogP contribution in [0.25, 0.3) is 11.3 Å². The van der Waals surface area contributed by atoms with Crippen LogP contribution < -0.4 is 5.32 Å². The van der Waals surface area contributed by atoms with Crippen molar-refractivity contribution in [3.8, 4) is 11.3 Å². The second-order valence-corrected chi connectivity index (χ2v) is 6.66. The van der Waals surface area contributed by atoms with E-state index >= 15 is 0 Å². The molecule has 1 atom stereocenters. The Morgan fingerprint density at radius 3 is 2.67 bits per heavy atom. The minimum absolute atomic E-state index is 0.382. The monoisotopic (exact) mass is 389 g/mol. The molecule has 2 rings (SSSR count). The summed E-state index contributed by atoms with van der Waals surface area (Å²) >= 11 is 15.8. The Kier molecular flexibility index (Phi) is 6.18. The molecule has 0 fully saturated rings. The molecule has 0 aliphatic heterocycles. The average Bonchev–Trinajstić information content (AvgIpc) is 2.91. The van der Waals surface area contributed by atoms with Crippen molar-refractivity contribution in [2.45, 2.75) is 32.7 Å². The fourth-order valence-corrected chi connectivity index (χ4v) is 2.98. The van der Waals surface area contributed by atoms with Gasteiger partial charge < -0.3 is 9.73 Å². The van der Waals surface area contributed by atoms with Gasteiger partial charge in [-0.25, -0.2) is 0 Å². The molecule has 0 aliphatic rings.